The van der Waals surface area contributed by atoms with Gasteiger partial charge in [0.1, 0.15) is 0 Å². The monoisotopic (exact) mass is 270 g/mol. The molecule has 1 aliphatic carbocycles. The molecule has 2 nitrogen and oxygen atoms in total. The third-order valence-corrected chi connectivity index (χ3v) is 5.75. The van der Waals surface area contributed by atoms with Crippen LogP contribution in [-0.2, 0) is 13.0 Å². The number of anilines is 1. The van der Waals surface area contributed by atoms with Crippen molar-refractivity contribution in [3.63, 3.8) is 0 Å². The first-order valence-corrected chi connectivity index (χ1v) is 8.48. The molecule has 1 N–H and O–H groups in total. The third-order valence-electron chi connectivity index (χ3n) is 5.75. The van der Waals surface area contributed by atoms with Gasteiger partial charge < -0.3 is 10.2 Å². The van der Waals surface area contributed by atoms with Gasteiger partial charge in [0.25, 0.3) is 0 Å². The third kappa shape index (κ3) is 2.24. The second-order valence-corrected chi connectivity index (χ2v) is 6.88. The number of nitrogens with one attached hydrogen (secondary N) is 1. The second kappa shape index (κ2) is 5.40. The van der Waals surface area contributed by atoms with Crippen LogP contribution in [0.25, 0.3) is 0 Å². The van der Waals surface area contributed by atoms with E-state index in [1.807, 2.05) is 0 Å². The van der Waals surface area contributed by atoms with Gasteiger partial charge in [0.15, 0.2) is 0 Å². The number of benzene rings is 1. The van der Waals surface area contributed by atoms with Gasteiger partial charge in [-0.15, -0.1) is 0 Å². The van der Waals surface area contributed by atoms with Crippen LogP contribution in [0.1, 0.15) is 43.2 Å². The van der Waals surface area contributed by atoms with Crippen molar-refractivity contribution in [3.05, 3.63) is 29.3 Å². The number of piperidine rings is 1. The van der Waals surface area contributed by atoms with Crippen molar-refractivity contribution in [1.82, 2.24) is 5.32 Å². The molecule has 0 bridgehead atoms. The average molecular weight is 270 g/mol. The molecule has 0 spiro atoms. The molecule has 0 radical (unpaired) electrons. The number of fused-ring (bicyclic) bond motifs is 2. The summed E-state index contributed by atoms with van der Waals surface area (Å²) < 4.78 is 0. The molecule has 2 heteroatoms. The predicted molar refractivity (Wildman–Crippen MR) is 84.1 cm³/mol. The maximum Gasteiger partial charge on any atom is 0.0402 e. The molecule has 1 saturated carbocycles. The summed E-state index contributed by atoms with van der Waals surface area (Å²) in [6, 6.07) is 6.93. The van der Waals surface area contributed by atoms with Crippen molar-refractivity contribution >= 4 is 5.69 Å². The quantitative estimate of drug-likeness (QED) is 0.842. The molecule has 1 saturated heterocycles. The van der Waals surface area contributed by atoms with Gasteiger partial charge in [0.05, 0.1) is 0 Å². The number of rotatable bonds is 1. The van der Waals surface area contributed by atoms with Crippen LogP contribution in [0.4, 0.5) is 5.69 Å². The van der Waals surface area contributed by atoms with Gasteiger partial charge in [0.2, 0.25) is 0 Å². The fraction of sp³-hybridized carbons (Fsp3) is 0.667. The first-order valence-electron chi connectivity index (χ1n) is 8.48. The predicted octanol–water partition coefficient (Wildman–Crippen LogP) is 3.35. The largest absolute Gasteiger partial charge is 0.371 e. The molecule has 2 atom stereocenters. The highest BCUT2D eigenvalue weighted by Crippen LogP contribution is 2.38. The molecule has 108 valence electrons. The second-order valence-electron chi connectivity index (χ2n) is 6.88. The van der Waals surface area contributed by atoms with E-state index in [0.717, 1.165) is 24.9 Å². The standard InChI is InChI=1S/C18H26N2/c1-2-5-16-13-20(11-9-14(16)4-1)18-7-3-6-15-12-19-10-8-17(15)18/h3,6-7,14,16,19H,1-2,4-5,8-13H2. The average Bonchev–Trinajstić information content (AvgIpc) is 2.54. The van der Waals surface area contributed by atoms with Crippen molar-refractivity contribution in [2.75, 3.05) is 24.5 Å². The Morgan fingerprint density at radius 3 is 2.90 bits per heavy atom. The lowest BCUT2D eigenvalue weighted by Crippen LogP contribution is -2.42. The van der Waals surface area contributed by atoms with E-state index in [2.05, 4.69) is 28.4 Å². The molecule has 2 fully saturated rings. The van der Waals surface area contributed by atoms with Crippen molar-refractivity contribution in [1.29, 1.82) is 0 Å². The van der Waals surface area contributed by atoms with Crippen LogP contribution in [0, 0.1) is 11.8 Å². The number of hydrogen-bond donors (Lipinski definition) is 1. The zero-order chi connectivity index (χ0) is 13.4. The van der Waals surface area contributed by atoms with E-state index in [4.69, 9.17) is 0 Å². The molecule has 2 aliphatic heterocycles. The van der Waals surface area contributed by atoms with Crippen molar-refractivity contribution in [3.8, 4) is 0 Å². The zero-order valence-corrected chi connectivity index (χ0v) is 12.4. The Morgan fingerprint density at radius 2 is 1.95 bits per heavy atom. The van der Waals surface area contributed by atoms with Gasteiger partial charge in [-0.3, -0.25) is 0 Å². The molecule has 20 heavy (non-hydrogen) atoms. The Bertz CT molecular complexity index is 482. The van der Waals surface area contributed by atoms with Crippen LogP contribution in [0.2, 0.25) is 0 Å². The summed E-state index contributed by atoms with van der Waals surface area (Å²) in [7, 11) is 0. The van der Waals surface area contributed by atoms with E-state index in [1.54, 1.807) is 11.3 Å². The van der Waals surface area contributed by atoms with Crippen LogP contribution in [0.5, 0.6) is 0 Å². The molecule has 1 aromatic carbocycles. The molecule has 1 aromatic rings. The van der Waals surface area contributed by atoms with Crippen LogP contribution in [0.3, 0.4) is 0 Å². The van der Waals surface area contributed by atoms with E-state index in [1.165, 1.54) is 57.2 Å². The zero-order valence-electron chi connectivity index (χ0n) is 12.4. The minimum absolute atomic E-state index is 0.968. The topological polar surface area (TPSA) is 15.3 Å². The molecule has 0 amide bonds. The summed E-state index contributed by atoms with van der Waals surface area (Å²) in [6.07, 6.45) is 8.54. The fourth-order valence-electron chi connectivity index (χ4n) is 4.63. The van der Waals surface area contributed by atoms with Crippen LogP contribution < -0.4 is 10.2 Å². The fourth-order valence-corrected chi connectivity index (χ4v) is 4.63. The summed E-state index contributed by atoms with van der Waals surface area (Å²) in [5.41, 5.74) is 4.70. The Morgan fingerprint density at radius 1 is 1.05 bits per heavy atom. The highest BCUT2D eigenvalue weighted by molar-refractivity contribution is 5.58. The van der Waals surface area contributed by atoms with Crippen LogP contribution >= 0.6 is 0 Å². The summed E-state index contributed by atoms with van der Waals surface area (Å²) in [4.78, 5) is 2.70. The molecular formula is C18H26N2. The Kier molecular flexibility index (Phi) is 3.43. The number of nitrogens with zero attached hydrogens (tertiary/aromatic N) is 1. The summed E-state index contributed by atoms with van der Waals surface area (Å²) >= 11 is 0. The SMILES string of the molecule is c1cc2c(c(N3CCC4CCCCC4C3)c1)CCNC2. The van der Waals surface area contributed by atoms with Gasteiger partial charge >= 0.3 is 0 Å². The molecule has 2 heterocycles. The Hall–Kier alpha value is -1.02. The molecule has 3 aliphatic rings. The lowest BCUT2D eigenvalue weighted by Gasteiger charge is -2.43. The summed E-state index contributed by atoms with van der Waals surface area (Å²) in [5.74, 6) is 2.00. The molecule has 2 unspecified atom stereocenters. The van der Waals surface area contributed by atoms with Crippen molar-refractivity contribution in [2.45, 2.75) is 45.1 Å². The number of hydrogen-bond acceptors (Lipinski definition) is 2. The van der Waals surface area contributed by atoms with Gasteiger partial charge in [-0.25, -0.2) is 0 Å². The smallest absolute Gasteiger partial charge is 0.0402 e. The van der Waals surface area contributed by atoms with Gasteiger partial charge in [0, 0.05) is 25.3 Å². The highest BCUT2D eigenvalue weighted by Gasteiger charge is 2.32. The van der Waals surface area contributed by atoms with Crippen molar-refractivity contribution < 1.29 is 0 Å². The van der Waals surface area contributed by atoms with Gasteiger partial charge in [-0.2, -0.15) is 0 Å². The summed E-state index contributed by atoms with van der Waals surface area (Å²) in [5, 5.41) is 3.50. The normalized spacial score (nSPS) is 29.7. The first-order chi connectivity index (χ1) is 9.92. The molecular weight excluding hydrogens is 244 g/mol. The lowest BCUT2D eigenvalue weighted by atomic mass is 9.75. The minimum Gasteiger partial charge on any atom is -0.371 e. The summed E-state index contributed by atoms with van der Waals surface area (Å²) in [6.45, 7) is 4.80. The molecule has 4 rings (SSSR count). The lowest BCUT2D eigenvalue weighted by molar-refractivity contribution is 0.202. The van der Waals surface area contributed by atoms with Crippen LogP contribution in [0.15, 0.2) is 18.2 Å². The Balaban J connectivity index is 1.58. The van der Waals surface area contributed by atoms with Crippen molar-refractivity contribution in [2.24, 2.45) is 11.8 Å². The van der Waals surface area contributed by atoms with Gasteiger partial charge in [-0.05, 0) is 54.8 Å². The maximum absolute atomic E-state index is 3.50. The van der Waals surface area contributed by atoms with E-state index in [9.17, 15) is 0 Å². The highest BCUT2D eigenvalue weighted by atomic mass is 15.1. The van der Waals surface area contributed by atoms with Gasteiger partial charge in [-0.1, -0.05) is 31.4 Å². The van der Waals surface area contributed by atoms with E-state index >= 15 is 0 Å². The Labute approximate surface area is 122 Å². The first kappa shape index (κ1) is 12.7. The van der Waals surface area contributed by atoms with E-state index in [-0.39, 0.29) is 0 Å². The molecule has 0 aromatic heterocycles. The van der Waals surface area contributed by atoms with E-state index in [0.29, 0.717) is 0 Å². The van der Waals surface area contributed by atoms with E-state index < -0.39 is 0 Å². The minimum atomic E-state index is 0.968. The van der Waals surface area contributed by atoms with Crippen LogP contribution in [-0.4, -0.2) is 19.6 Å². The maximum atomic E-state index is 3.50.